The average Bonchev–Trinajstić information content (AvgIpc) is 2.39. The molecule has 0 aliphatic carbocycles. The molecule has 2 aromatic carbocycles. The zero-order valence-electron chi connectivity index (χ0n) is 11.3. The van der Waals surface area contributed by atoms with Crippen LogP contribution in [0.5, 0.6) is 0 Å². The first-order valence-corrected chi connectivity index (χ1v) is 6.19. The number of rotatable bonds is 2. The number of halogens is 2. The Morgan fingerprint density at radius 3 is 2.21 bits per heavy atom. The molecule has 0 aromatic heterocycles. The highest BCUT2D eigenvalue weighted by Gasteiger charge is 2.19. The monoisotopic (exact) mass is 261 g/mol. The van der Waals surface area contributed by atoms with E-state index in [9.17, 15) is 8.78 Å². The summed E-state index contributed by atoms with van der Waals surface area (Å²) in [6.07, 6.45) is 0. The molecule has 19 heavy (non-hydrogen) atoms. The van der Waals surface area contributed by atoms with Gasteiger partial charge in [0.05, 0.1) is 6.04 Å². The van der Waals surface area contributed by atoms with Gasteiger partial charge < -0.3 is 5.73 Å². The molecule has 0 aliphatic rings. The van der Waals surface area contributed by atoms with E-state index in [-0.39, 0.29) is 11.1 Å². The summed E-state index contributed by atoms with van der Waals surface area (Å²) in [5.41, 5.74) is 9.49. The van der Waals surface area contributed by atoms with E-state index in [0.717, 1.165) is 16.7 Å². The molecule has 0 aliphatic heterocycles. The Morgan fingerprint density at radius 1 is 0.842 bits per heavy atom. The quantitative estimate of drug-likeness (QED) is 0.870. The summed E-state index contributed by atoms with van der Waals surface area (Å²) in [5.74, 6) is -1.67. The van der Waals surface area contributed by atoms with E-state index in [1.54, 1.807) is 12.1 Å². The van der Waals surface area contributed by atoms with E-state index in [2.05, 4.69) is 0 Å². The van der Waals surface area contributed by atoms with Crippen molar-refractivity contribution in [3.63, 3.8) is 0 Å². The highest BCUT2D eigenvalue weighted by atomic mass is 19.2. The molecule has 0 amide bonds. The number of hydrogen-bond acceptors (Lipinski definition) is 1. The number of aryl methyl sites for hydroxylation is 2. The van der Waals surface area contributed by atoms with Gasteiger partial charge in [-0.3, -0.25) is 0 Å². The van der Waals surface area contributed by atoms with Crippen molar-refractivity contribution < 1.29 is 8.78 Å². The third-order valence-corrected chi connectivity index (χ3v) is 3.62. The summed E-state index contributed by atoms with van der Waals surface area (Å²) in [5, 5.41) is 0. The molecule has 3 heteroatoms. The van der Waals surface area contributed by atoms with Gasteiger partial charge >= 0.3 is 0 Å². The van der Waals surface area contributed by atoms with Gasteiger partial charge in [-0.05, 0) is 43.0 Å². The van der Waals surface area contributed by atoms with Gasteiger partial charge in [-0.15, -0.1) is 0 Å². The Morgan fingerprint density at radius 2 is 1.53 bits per heavy atom. The number of benzene rings is 2. The zero-order chi connectivity index (χ0) is 14.2. The fraction of sp³-hybridized carbons (Fsp3) is 0.250. The standard InChI is InChI=1S/C16H17F2N/c1-9-5-4-6-12(11(9)3)16(19)13-8-7-10(2)14(17)15(13)18/h4-8,16H,19H2,1-3H3. The van der Waals surface area contributed by atoms with Crippen molar-refractivity contribution in [3.8, 4) is 0 Å². The second-order valence-corrected chi connectivity index (χ2v) is 4.87. The third-order valence-electron chi connectivity index (χ3n) is 3.62. The van der Waals surface area contributed by atoms with Crippen molar-refractivity contribution in [1.82, 2.24) is 0 Å². The maximum atomic E-state index is 14.0. The Kier molecular flexibility index (Phi) is 3.67. The summed E-state index contributed by atoms with van der Waals surface area (Å²) in [6.45, 7) is 5.44. The summed E-state index contributed by atoms with van der Waals surface area (Å²) in [7, 11) is 0. The van der Waals surface area contributed by atoms with Gasteiger partial charge in [0.1, 0.15) is 0 Å². The van der Waals surface area contributed by atoms with Gasteiger partial charge in [0, 0.05) is 5.56 Å². The topological polar surface area (TPSA) is 26.0 Å². The van der Waals surface area contributed by atoms with Crippen LogP contribution in [0.4, 0.5) is 8.78 Å². The van der Waals surface area contributed by atoms with Crippen molar-refractivity contribution >= 4 is 0 Å². The molecule has 0 bridgehead atoms. The fourth-order valence-corrected chi connectivity index (χ4v) is 2.18. The molecule has 0 saturated heterocycles. The third kappa shape index (κ3) is 2.38. The summed E-state index contributed by atoms with van der Waals surface area (Å²) in [4.78, 5) is 0. The minimum atomic E-state index is -0.853. The SMILES string of the molecule is Cc1cccc(C(N)c2ccc(C)c(F)c2F)c1C. The van der Waals surface area contributed by atoms with E-state index < -0.39 is 17.7 Å². The molecule has 0 spiro atoms. The number of hydrogen-bond donors (Lipinski definition) is 1. The molecule has 2 aromatic rings. The molecule has 1 nitrogen and oxygen atoms in total. The van der Waals surface area contributed by atoms with E-state index in [1.165, 1.54) is 6.92 Å². The van der Waals surface area contributed by atoms with Crippen LogP contribution in [0, 0.1) is 32.4 Å². The van der Waals surface area contributed by atoms with Gasteiger partial charge in [0.25, 0.3) is 0 Å². The molecule has 1 unspecified atom stereocenters. The fourth-order valence-electron chi connectivity index (χ4n) is 2.18. The van der Waals surface area contributed by atoms with Gasteiger partial charge in [-0.1, -0.05) is 30.3 Å². The molecule has 100 valence electrons. The van der Waals surface area contributed by atoms with Crippen LogP contribution in [0.2, 0.25) is 0 Å². The van der Waals surface area contributed by atoms with Crippen molar-refractivity contribution in [2.45, 2.75) is 26.8 Å². The van der Waals surface area contributed by atoms with Crippen LogP contribution in [0.3, 0.4) is 0 Å². The van der Waals surface area contributed by atoms with Crippen molar-refractivity contribution in [2.75, 3.05) is 0 Å². The van der Waals surface area contributed by atoms with Crippen molar-refractivity contribution in [2.24, 2.45) is 5.73 Å². The lowest BCUT2D eigenvalue weighted by Gasteiger charge is -2.18. The van der Waals surface area contributed by atoms with E-state index in [4.69, 9.17) is 5.73 Å². The Balaban J connectivity index is 2.53. The molecule has 0 heterocycles. The maximum absolute atomic E-state index is 14.0. The van der Waals surface area contributed by atoms with Crippen molar-refractivity contribution in [1.29, 1.82) is 0 Å². The lowest BCUT2D eigenvalue weighted by molar-refractivity contribution is 0.489. The first-order valence-electron chi connectivity index (χ1n) is 6.19. The summed E-state index contributed by atoms with van der Waals surface area (Å²) >= 11 is 0. The van der Waals surface area contributed by atoms with Crippen LogP contribution in [0.25, 0.3) is 0 Å². The van der Waals surface area contributed by atoms with Gasteiger partial charge in [-0.2, -0.15) is 0 Å². The number of nitrogens with two attached hydrogens (primary N) is 1. The smallest absolute Gasteiger partial charge is 0.164 e. The van der Waals surface area contributed by atoms with Gasteiger partial charge in [0.15, 0.2) is 11.6 Å². The van der Waals surface area contributed by atoms with E-state index in [1.807, 2.05) is 32.0 Å². The normalized spacial score (nSPS) is 12.5. The highest BCUT2D eigenvalue weighted by Crippen LogP contribution is 2.28. The molecule has 2 N–H and O–H groups in total. The maximum Gasteiger partial charge on any atom is 0.164 e. The second-order valence-electron chi connectivity index (χ2n) is 4.87. The Hall–Kier alpha value is -1.74. The molecule has 0 saturated carbocycles. The summed E-state index contributed by atoms with van der Waals surface area (Å²) < 4.78 is 27.6. The van der Waals surface area contributed by atoms with Crippen LogP contribution in [0.15, 0.2) is 30.3 Å². The Bertz CT molecular complexity index is 620. The first kappa shape index (κ1) is 13.7. The molecule has 0 radical (unpaired) electrons. The van der Waals surface area contributed by atoms with Crippen LogP contribution in [0.1, 0.15) is 33.9 Å². The van der Waals surface area contributed by atoms with E-state index >= 15 is 0 Å². The zero-order valence-corrected chi connectivity index (χ0v) is 11.3. The second kappa shape index (κ2) is 5.10. The van der Waals surface area contributed by atoms with Crippen molar-refractivity contribution in [3.05, 3.63) is 69.8 Å². The molecule has 0 fully saturated rings. The van der Waals surface area contributed by atoms with Crippen LogP contribution < -0.4 is 5.73 Å². The van der Waals surface area contributed by atoms with Crippen LogP contribution in [-0.2, 0) is 0 Å². The molecule has 2 rings (SSSR count). The van der Waals surface area contributed by atoms with Gasteiger partial charge in [-0.25, -0.2) is 8.78 Å². The molecular formula is C16H17F2N. The largest absolute Gasteiger partial charge is 0.320 e. The lowest BCUT2D eigenvalue weighted by atomic mass is 9.92. The average molecular weight is 261 g/mol. The minimum absolute atomic E-state index is 0.191. The summed E-state index contributed by atoms with van der Waals surface area (Å²) in [6, 6.07) is 8.15. The predicted octanol–water partition coefficient (Wildman–Crippen LogP) is 3.94. The first-order chi connectivity index (χ1) is 8.93. The Labute approximate surface area is 112 Å². The minimum Gasteiger partial charge on any atom is -0.320 e. The van der Waals surface area contributed by atoms with E-state index in [0.29, 0.717) is 0 Å². The highest BCUT2D eigenvalue weighted by molar-refractivity contribution is 5.41. The van der Waals surface area contributed by atoms with Crippen LogP contribution >= 0.6 is 0 Å². The predicted molar refractivity (Wildman–Crippen MR) is 73.0 cm³/mol. The van der Waals surface area contributed by atoms with Crippen LogP contribution in [-0.4, -0.2) is 0 Å². The lowest BCUT2D eigenvalue weighted by Crippen LogP contribution is -2.16. The molecular weight excluding hydrogens is 244 g/mol. The van der Waals surface area contributed by atoms with Gasteiger partial charge in [0.2, 0.25) is 0 Å². The molecule has 1 atom stereocenters.